The first-order valence-electron chi connectivity index (χ1n) is 7.46. The molecule has 1 heterocycles. The van der Waals surface area contributed by atoms with Gasteiger partial charge in [-0.05, 0) is 54.8 Å². The number of ether oxygens (including phenoxy) is 1. The van der Waals surface area contributed by atoms with E-state index in [2.05, 4.69) is 36.5 Å². The molecule has 110 valence electrons. The Balaban J connectivity index is 1.54. The second kappa shape index (κ2) is 6.50. The molecule has 2 nitrogen and oxygen atoms in total. The van der Waals surface area contributed by atoms with E-state index in [4.69, 9.17) is 16.3 Å². The number of halogens is 1. The van der Waals surface area contributed by atoms with Gasteiger partial charge in [0.05, 0.1) is 6.61 Å². The van der Waals surface area contributed by atoms with Crippen LogP contribution < -0.4 is 10.1 Å². The van der Waals surface area contributed by atoms with Gasteiger partial charge in [0.1, 0.15) is 5.75 Å². The van der Waals surface area contributed by atoms with E-state index in [0.29, 0.717) is 6.04 Å². The van der Waals surface area contributed by atoms with Crippen LogP contribution in [-0.4, -0.2) is 13.2 Å². The van der Waals surface area contributed by atoms with Crippen LogP contribution in [0.25, 0.3) is 0 Å². The quantitative estimate of drug-likeness (QED) is 0.895. The Labute approximate surface area is 131 Å². The number of hydrogen-bond acceptors (Lipinski definition) is 2. The number of benzene rings is 2. The summed E-state index contributed by atoms with van der Waals surface area (Å²) < 4.78 is 5.54. The third-order valence-electron chi connectivity index (χ3n) is 3.97. The number of fused-ring (bicyclic) bond motifs is 1. The van der Waals surface area contributed by atoms with Gasteiger partial charge in [-0.25, -0.2) is 0 Å². The highest BCUT2D eigenvalue weighted by molar-refractivity contribution is 6.30. The van der Waals surface area contributed by atoms with E-state index in [1.807, 2.05) is 18.2 Å². The first-order valence-corrected chi connectivity index (χ1v) is 7.83. The molecule has 2 aromatic rings. The summed E-state index contributed by atoms with van der Waals surface area (Å²) in [6.07, 6.45) is 2.06. The highest BCUT2D eigenvalue weighted by Gasteiger charge is 2.12. The molecule has 0 aliphatic carbocycles. The molecule has 3 heteroatoms. The van der Waals surface area contributed by atoms with Crippen LogP contribution in [0.4, 0.5) is 0 Å². The molecule has 0 bridgehead atoms. The molecule has 3 rings (SSSR count). The van der Waals surface area contributed by atoms with Crippen molar-refractivity contribution in [2.24, 2.45) is 0 Å². The lowest BCUT2D eigenvalue weighted by Gasteiger charge is -2.14. The molecule has 1 aliphatic heterocycles. The molecule has 1 atom stereocenters. The van der Waals surface area contributed by atoms with E-state index in [1.165, 1.54) is 16.7 Å². The number of hydrogen-bond donors (Lipinski definition) is 1. The van der Waals surface area contributed by atoms with Gasteiger partial charge in [-0.3, -0.25) is 0 Å². The van der Waals surface area contributed by atoms with Crippen molar-refractivity contribution >= 4 is 11.6 Å². The van der Waals surface area contributed by atoms with Gasteiger partial charge in [0.2, 0.25) is 0 Å². The molecular weight excluding hydrogens is 282 g/mol. The lowest BCUT2D eigenvalue weighted by molar-refractivity contribution is 0.357. The van der Waals surface area contributed by atoms with Crippen molar-refractivity contribution in [3.8, 4) is 5.75 Å². The minimum Gasteiger partial charge on any atom is -0.493 e. The van der Waals surface area contributed by atoms with E-state index in [1.54, 1.807) is 0 Å². The van der Waals surface area contributed by atoms with Gasteiger partial charge >= 0.3 is 0 Å². The van der Waals surface area contributed by atoms with E-state index in [9.17, 15) is 0 Å². The van der Waals surface area contributed by atoms with E-state index in [-0.39, 0.29) is 0 Å². The SMILES string of the molecule is C[C@H](NCCc1ccc2c(c1)CCO2)c1cccc(Cl)c1. The average Bonchev–Trinajstić information content (AvgIpc) is 2.94. The largest absolute Gasteiger partial charge is 0.493 e. The third kappa shape index (κ3) is 3.58. The van der Waals surface area contributed by atoms with Crippen molar-refractivity contribution in [2.75, 3.05) is 13.2 Å². The smallest absolute Gasteiger partial charge is 0.122 e. The fourth-order valence-electron chi connectivity index (χ4n) is 2.72. The van der Waals surface area contributed by atoms with Gasteiger partial charge in [-0.2, -0.15) is 0 Å². The molecule has 1 N–H and O–H groups in total. The molecule has 1 aliphatic rings. The summed E-state index contributed by atoms with van der Waals surface area (Å²) in [6, 6.07) is 14.9. The molecular formula is C18H20ClNO. The maximum absolute atomic E-state index is 6.03. The van der Waals surface area contributed by atoms with E-state index >= 15 is 0 Å². The Kier molecular flexibility index (Phi) is 4.47. The molecule has 0 saturated heterocycles. The molecule has 21 heavy (non-hydrogen) atoms. The summed E-state index contributed by atoms with van der Waals surface area (Å²) in [5.41, 5.74) is 3.94. The van der Waals surface area contributed by atoms with Crippen LogP contribution in [0, 0.1) is 0 Å². The third-order valence-corrected chi connectivity index (χ3v) is 4.20. The Bertz CT molecular complexity index is 626. The Morgan fingerprint density at radius 2 is 2.14 bits per heavy atom. The first-order chi connectivity index (χ1) is 10.2. The predicted molar refractivity (Wildman–Crippen MR) is 87.2 cm³/mol. The molecule has 0 radical (unpaired) electrons. The van der Waals surface area contributed by atoms with Gasteiger partial charge in [-0.15, -0.1) is 0 Å². The maximum Gasteiger partial charge on any atom is 0.122 e. The maximum atomic E-state index is 6.03. The van der Waals surface area contributed by atoms with E-state index in [0.717, 1.165) is 36.8 Å². The second-order valence-corrected chi connectivity index (χ2v) is 5.96. The van der Waals surface area contributed by atoms with Crippen LogP contribution in [0.3, 0.4) is 0 Å². The zero-order valence-electron chi connectivity index (χ0n) is 12.2. The first kappa shape index (κ1) is 14.4. The van der Waals surface area contributed by atoms with Crippen LogP contribution >= 0.6 is 11.6 Å². The molecule has 0 amide bonds. The number of rotatable bonds is 5. The Morgan fingerprint density at radius 1 is 1.24 bits per heavy atom. The molecule has 0 aromatic heterocycles. The van der Waals surface area contributed by atoms with Gasteiger partial charge in [0, 0.05) is 17.5 Å². The normalized spacial score (nSPS) is 14.6. The van der Waals surface area contributed by atoms with E-state index < -0.39 is 0 Å². The Morgan fingerprint density at radius 3 is 3.00 bits per heavy atom. The van der Waals surface area contributed by atoms with Crippen molar-refractivity contribution in [1.82, 2.24) is 5.32 Å². The van der Waals surface area contributed by atoms with Crippen LogP contribution in [0.2, 0.25) is 5.02 Å². The van der Waals surface area contributed by atoms with Gasteiger partial charge in [0.25, 0.3) is 0 Å². The minimum absolute atomic E-state index is 0.307. The topological polar surface area (TPSA) is 21.3 Å². The number of nitrogens with one attached hydrogen (secondary N) is 1. The molecule has 0 unspecified atom stereocenters. The summed E-state index contributed by atoms with van der Waals surface area (Å²) in [5.74, 6) is 1.05. The van der Waals surface area contributed by atoms with Crippen LogP contribution in [0.1, 0.15) is 29.7 Å². The van der Waals surface area contributed by atoms with Crippen LogP contribution in [-0.2, 0) is 12.8 Å². The summed E-state index contributed by atoms with van der Waals surface area (Å²) in [6.45, 7) is 3.94. The highest BCUT2D eigenvalue weighted by Crippen LogP contribution is 2.26. The van der Waals surface area contributed by atoms with Gasteiger partial charge in [0.15, 0.2) is 0 Å². The fraction of sp³-hybridized carbons (Fsp3) is 0.333. The standard InChI is InChI=1S/C18H20ClNO/c1-13(15-3-2-4-17(19)12-15)20-9-7-14-5-6-18-16(11-14)8-10-21-18/h2-6,11-13,20H,7-10H2,1H3/t13-/m0/s1. The molecule has 0 fully saturated rings. The zero-order valence-corrected chi connectivity index (χ0v) is 13.0. The van der Waals surface area contributed by atoms with Crippen LogP contribution in [0.15, 0.2) is 42.5 Å². The Hall–Kier alpha value is -1.51. The van der Waals surface area contributed by atoms with Crippen molar-refractivity contribution in [3.05, 3.63) is 64.2 Å². The molecule has 0 spiro atoms. The van der Waals surface area contributed by atoms with Crippen molar-refractivity contribution in [3.63, 3.8) is 0 Å². The molecule has 0 saturated carbocycles. The average molecular weight is 302 g/mol. The van der Waals surface area contributed by atoms with Gasteiger partial charge < -0.3 is 10.1 Å². The van der Waals surface area contributed by atoms with Crippen LogP contribution in [0.5, 0.6) is 5.75 Å². The van der Waals surface area contributed by atoms with Gasteiger partial charge in [-0.1, -0.05) is 35.9 Å². The second-order valence-electron chi connectivity index (χ2n) is 5.52. The van der Waals surface area contributed by atoms with Crippen molar-refractivity contribution in [1.29, 1.82) is 0 Å². The molecule has 2 aromatic carbocycles. The lowest BCUT2D eigenvalue weighted by Crippen LogP contribution is -2.21. The summed E-state index contributed by atoms with van der Waals surface area (Å²) in [4.78, 5) is 0. The minimum atomic E-state index is 0.307. The van der Waals surface area contributed by atoms with Crippen molar-refractivity contribution in [2.45, 2.75) is 25.8 Å². The fourth-order valence-corrected chi connectivity index (χ4v) is 2.92. The summed E-state index contributed by atoms with van der Waals surface area (Å²) in [5, 5.41) is 4.34. The lowest BCUT2D eigenvalue weighted by atomic mass is 10.1. The highest BCUT2D eigenvalue weighted by atomic mass is 35.5. The van der Waals surface area contributed by atoms with Crippen molar-refractivity contribution < 1.29 is 4.74 Å². The summed E-state index contributed by atoms with van der Waals surface area (Å²) >= 11 is 6.03. The predicted octanol–water partition coefficient (Wildman–Crippen LogP) is 4.17. The monoisotopic (exact) mass is 301 g/mol. The summed E-state index contributed by atoms with van der Waals surface area (Å²) in [7, 11) is 0. The zero-order chi connectivity index (χ0) is 14.7.